The lowest BCUT2D eigenvalue weighted by molar-refractivity contribution is 0.0495. The van der Waals surface area contributed by atoms with Crippen molar-refractivity contribution in [2.75, 3.05) is 50.7 Å². The van der Waals surface area contributed by atoms with Gasteiger partial charge in [0.05, 0.1) is 13.2 Å². The van der Waals surface area contributed by atoms with Crippen LogP contribution in [0.15, 0.2) is 12.3 Å². The van der Waals surface area contributed by atoms with Crippen LogP contribution in [0.3, 0.4) is 0 Å². The molecule has 0 saturated carbocycles. The predicted octanol–water partition coefficient (Wildman–Crippen LogP) is 0.202. The molecule has 0 bridgehead atoms. The molecule has 0 radical (unpaired) electrons. The third kappa shape index (κ3) is 2.80. The van der Waals surface area contributed by atoms with Crippen LogP contribution in [0.25, 0.3) is 0 Å². The third-order valence-corrected chi connectivity index (χ3v) is 2.33. The minimum absolute atomic E-state index is 0.707. The fourth-order valence-electron chi connectivity index (χ4n) is 1.46. The summed E-state index contributed by atoms with van der Waals surface area (Å²) in [6.07, 6.45) is 1.76. The summed E-state index contributed by atoms with van der Waals surface area (Å²) in [5.41, 5.74) is 3.25. The molecule has 1 saturated heterocycles. The molecular weight excluding hydrogens is 206 g/mol. The van der Waals surface area contributed by atoms with E-state index in [2.05, 4.69) is 20.4 Å². The van der Waals surface area contributed by atoms with E-state index < -0.39 is 0 Å². The molecule has 1 fully saturated rings. The van der Waals surface area contributed by atoms with Crippen molar-refractivity contribution >= 4 is 11.8 Å². The van der Waals surface area contributed by atoms with Crippen molar-refractivity contribution in [2.24, 2.45) is 0 Å². The summed E-state index contributed by atoms with van der Waals surface area (Å²) in [5.74, 6) is 1.53. The first-order valence-electron chi connectivity index (χ1n) is 5.35. The highest BCUT2D eigenvalue weighted by molar-refractivity contribution is 5.39. The van der Waals surface area contributed by atoms with Gasteiger partial charge in [0.15, 0.2) is 0 Å². The number of anilines is 2. The van der Waals surface area contributed by atoms with Gasteiger partial charge in [-0.3, -0.25) is 0 Å². The van der Waals surface area contributed by atoms with E-state index in [0.717, 1.165) is 32.1 Å². The molecule has 6 heteroatoms. The molecule has 0 aromatic carbocycles. The molecular formula is C10H17N5O. The maximum atomic E-state index is 5.28. The van der Waals surface area contributed by atoms with Crippen molar-refractivity contribution in [1.29, 1.82) is 0 Å². The number of aromatic nitrogens is 2. The molecule has 0 spiro atoms. The minimum Gasteiger partial charge on any atom is -0.379 e. The van der Waals surface area contributed by atoms with Gasteiger partial charge in [0.2, 0.25) is 5.95 Å². The van der Waals surface area contributed by atoms with Crippen molar-refractivity contribution < 1.29 is 4.74 Å². The number of hydrazine groups is 1. The predicted molar refractivity (Wildman–Crippen MR) is 62.4 cm³/mol. The van der Waals surface area contributed by atoms with Gasteiger partial charge in [0, 0.05) is 39.4 Å². The second-order valence-electron chi connectivity index (χ2n) is 3.85. The lowest BCUT2D eigenvalue weighted by Crippen LogP contribution is -2.40. The van der Waals surface area contributed by atoms with Crippen molar-refractivity contribution in [1.82, 2.24) is 15.0 Å². The Morgan fingerprint density at radius 1 is 1.38 bits per heavy atom. The normalized spacial score (nSPS) is 17.1. The molecule has 16 heavy (non-hydrogen) atoms. The summed E-state index contributed by atoms with van der Waals surface area (Å²) >= 11 is 0. The van der Waals surface area contributed by atoms with Crippen LogP contribution in [0.1, 0.15) is 0 Å². The number of hydrogen-bond acceptors (Lipinski definition) is 6. The van der Waals surface area contributed by atoms with Crippen molar-refractivity contribution in [3.8, 4) is 0 Å². The van der Waals surface area contributed by atoms with Crippen molar-refractivity contribution in [2.45, 2.75) is 0 Å². The van der Waals surface area contributed by atoms with E-state index in [9.17, 15) is 0 Å². The van der Waals surface area contributed by atoms with Crippen LogP contribution in [0.2, 0.25) is 0 Å². The monoisotopic (exact) mass is 223 g/mol. The molecule has 0 atom stereocenters. The van der Waals surface area contributed by atoms with E-state index in [-0.39, 0.29) is 0 Å². The Morgan fingerprint density at radius 3 is 2.81 bits per heavy atom. The molecule has 0 amide bonds. The SMILES string of the molecule is CN(C)c1nccc(NN2CCOCC2)n1. The first-order valence-corrected chi connectivity index (χ1v) is 5.35. The Balaban J connectivity index is 2.00. The van der Waals surface area contributed by atoms with Crippen LogP contribution in [0, 0.1) is 0 Å². The average molecular weight is 223 g/mol. The van der Waals surface area contributed by atoms with Gasteiger partial charge in [-0.15, -0.1) is 0 Å². The molecule has 1 aliphatic rings. The zero-order valence-electron chi connectivity index (χ0n) is 9.68. The second-order valence-corrected chi connectivity index (χ2v) is 3.85. The Morgan fingerprint density at radius 2 is 2.12 bits per heavy atom. The van der Waals surface area contributed by atoms with E-state index in [1.807, 2.05) is 25.1 Å². The molecule has 1 aromatic heterocycles. The second kappa shape index (κ2) is 5.09. The summed E-state index contributed by atoms with van der Waals surface area (Å²) in [6, 6.07) is 1.86. The topological polar surface area (TPSA) is 53.5 Å². The highest BCUT2D eigenvalue weighted by Gasteiger charge is 2.10. The molecule has 0 unspecified atom stereocenters. The van der Waals surface area contributed by atoms with Crippen molar-refractivity contribution in [3.05, 3.63) is 12.3 Å². The quantitative estimate of drug-likeness (QED) is 0.790. The lowest BCUT2D eigenvalue weighted by atomic mass is 10.5. The van der Waals surface area contributed by atoms with E-state index in [1.54, 1.807) is 6.20 Å². The Bertz CT molecular complexity index is 338. The Hall–Kier alpha value is -1.40. The molecule has 1 N–H and O–H groups in total. The van der Waals surface area contributed by atoms with Crippen LogP contribution in [-0.4, -0.2) is 55.4 Å². The zero-order valence-corrected chi connectivity index (χ0v) is 9.68. The maximum absolute atomic E-state index is 5.28. The summed E-state index contributed by atoms with van der Waals surface area (Å²) in [7, 11) is 3.85. The zero-order chi connectivity index (χ0) is 11.4. The van der Waals surface area contributed by atoms with E-state index in [0.29, 0.717) is 5.95 Å². The fraction of sp³-hybridized carbons (Fsp3) is 0.600. The number of rotatable bonds is 3. The summed E-state index contributed by atoms with van der Waals surface area (Å²) in [6.45, 7) is 3.28. The molecule has 2 heterocycles. The molecule has 1 aliphatic heterocycles. The molecule has 0 aliphatic carbocycles. The smallest absolute Gasteiger partial charge is 0.226 e. The van der Waals surface area contributed by atoms with E-state index in [1.165, 1.54) is 0 Å². The average Bonchev–Trinajstić information content (AvgIpc) is 2.30. The van der Waals surface area contributed by atoms with Crippen LogP contribution >= 0.6 is 0 Å². The van der Waals surface area contributed by atoms with Gasteiger partial charge in [-0.1, -0.05) is 0 Å². The van der Waals surface area contributed by atoms with Gasteiger partial charge in [-0.2, -0.15) is 4.98 Å². The number of nitrogens with zero attached hydrogens (tertiary/aromatic N) is 4. The van der Waals surface area contributed by atoms with Crippen LogP contribution in [0.5, 0.6) is 0 Å². The third-order valence-electron chi connectivity index (χ3n) is 2.33. The number of hydrogen-bond donors (Lipinski definition) is 1. The van der Waals surface area contributed by atoms with Crippen molar-refractivity contribution in [3.63, 3.8) is 0 Å². The lowest BCUT2D eigenvalue weighted by Gasteiger charge is -2.27. The summed E-state index contributed by atoms with van der Waals surface area (Å²) < 4.78 is 5.28. The first kappa shape index (κ1) is 11.1. The van der Waals surface area contributed by atoms with E-state index >= 15 is 0 Å². The van der Waals surface area contributed by atoms with Gasteiger partial charge >= 0.3 is 0 Å². The Kier molecular flexibility index (Phi) is 3.53. The van der Waals surface area contributed by atoms with Gasteiger partial charge in [-0.05, 0) is 0 Å². The fourth-order valence-corrected chi connectivity index (χ4v) is 1.46. The minimum atomic E-state index is 0.707. The van der Waals surface area contributed by atoms with Crippen LogP contribution in [-0.2, 0) is 4.74 Å². The van der Waals surface area contributed by atoms with E-state index in [4.69, 9.17) is 4.74 Å². The van der Waals surface area contributed by atoms with Gasteiger partial charge in [0.1, 0.15) is 5.82 Å². The first-order chi connectivity index (χ1) is 7.75. The highest BCUT2D eigenvalue weighted by Crippen LogP contribution is 2.09. The molecule has 2 rings (SSSR count). The van der Waals surface area contributed by atoms with Gasteiger partial charge < -0.3 is 15.1 Å². The summed E-state index contributed by atoms with van der Waals surface area (Å²) in [5, 5.41) is 2.10. The van der Waals surface area contributed by atoms with Crippen LogP contribution in [0.4, 0.5) is 11.8 Å². The number of morpholine rings is 1. The molecule has 1 aromatic rings. The molecule has 6 nitrogen and oxygen atoms in total. The van der Waals surface area contributed by atoms with Gasteiger partial charge in [-0.25, -0.2) is 9.99 Å². The molecule has 88 valence electrons. The number of nitrogens with one attached hydrogen (secondary N) is 1. The van der Waals surface area contributed by atoms with Gasteiger partial charge in [0.25, 0.3) is 0 Å². The summed E-state index contributed by atoms with van der Waals surface area (Å²) in [4.78, 5) is 10.4. The standard InChI is InChI=1S/C10H17N5O/c1-14(2)10-11-4-3-9(12-10)13-15-5-7-16-8-6-15/h3-4H,5-8H2,1-2H3,(H,11,12,13). The largest absolute Gasteiger partial charge is 0.379 e. The highest BCUT2D eigenvalue weighted by atomic mass is 16.5. The maximum Gasteiger partial charge on any atom is 0.226 e. The Labute approximate surface area is 95.2 Å². The number of ether oxygens (including phenoxy) is 1. The van der Waals surface area contributed by atoms with Crippen LogP contribution < -0.4 is 10.3 Å².